The summed E-state index contributed by atoms with van der Waals surface area (Å²) in [6, 6.07) is 0.104. The van der Waals surface area contributed by atoms with Crippen molar-refractivity contribution in [3.63, 3.8) is 0 Å². The van der Waals surface area contributed by atoms with Crippen molar-refractivity contribution in [3.8, 4) is 0 Å². The number of aryl methyl sites for hydroxylation is 2. The van der Waals surface area contributed by atoms with E-state index in [1.54, 1.807) is 23.0 Å². The van der Waals surface area contributed by atoms with Crippen molar-refractivity contribution in [1.82, 2.24) is 19.4 Å². The molecule has 112 valence electrons. The van der Waals surface area contributed by atoms with Crippen LogP contribution in [0.2, 0.25) is 0 Å². The van der Waals surface area contributed by atoms with Gasteiger partial charge >= 0.3 is 0 Å². The molecule has 0 spiro atoms. The average molecular weight is 298 g/mol. The average Bonchev–Trinajstić information content (AvgIpc) is 2.94. The zero-order valence-corrected chi connectivity index (χ0v) is 13.1. The van der Waals surface area contributed by atoms with Gasteiger partial charge in [-0.1, -0.05) is 0 Å². The largest absolute Gasteiger partial charge is 0.315 e. The number of sulfonamides is 1. The minimum absolute atomic E-state index is 0.104. The molecule has 2 fully saturated rings. The maximum absolute atomic E-state index is 13.0. The van der Waals surface area contributed by atoms with Gasteiger partial charge in [0.2, 0.25) is 10.0 Å². The number of piperidine rings is 1. The molecule has 1 N–H and O–H groups in total. The first-order valence-corrected chi connectivity index (χ1v) is 8.59. The highest BCUT2D eigenvalue weighted by molar-refractivity contribution is 7.89. The molecule has 1 aromatic heterocycles. The Hall–Kier alpha value is -0.920. The molecule has 3 heterocycles. The molecule has 7 heteroatoms. The van der Waals surface area contributed by atoms with Crippen LogP contribution >= 0.6 is 0 Å². The highest BCUT2D eigenvalue weighted by Crippen LogP contribution is 2.33. The molecule has 20 heavy (non-hydrogen) atoms. The lowest BCUT2D eigenvalue weighted by molar-refractivity contribution is 0.217. The Bertz CT molecular complexity index is 623. The van der Waals surface area contributed by atoms with Crippen LogP contribution in [0.4, 0.5) is 0 Å². The highest BCUT2D eigenvalue weighted by Gasteiger charge is 2.42. The van der Waals surface area contributed by atoms with Gasteiger partial charge in [-0.3, -0.25) is 4.68 Å². The molecule has 3 rings (SSSR count). The molecule has 2 saturated heterocycles. The summed E-state index contributed by atoms with van der Waals surface area (Å²) in [5.74, 6) is 0.454. The van der Waals surface area contributed by atoms with Crippen molar-refractivity contribution in [2.75, 3.05) is 19.6 Å². The third-order valence-electron chi connectivity index (χ3n) is 4.64. The Balaban J connectivity index is 2.03. The maximum atomic E-state index is 13.0. The van der Waals surface area contributed by atoms with Crippen LogP contribution in [0, 0.1) is 19.8 Å². The number of nitrogens with one attached hydrogen (secondary N) is 1. The van der Waals surface area contributed by atoms with Gasteiger partial charge in [0.25, 0.3) is 0 Å². The number of aromatic nitrogens is 2. The van der Waals surface area contributed by atoms with Crippen LogP contribution in [0.25, 0.3) is 0 Å². The molecular formula is C13H22N4O2S. The fourth-order valence-corrected chi connectivity index (χ4v) is 5.70. The van der Waals surface area contributed by atoms with E-state index >= 15 is 0 Å². The lowest BCUT2D eigenvalue weighted by Gasteiger charge is -2.35. The predicted molar refractivity (Wildman–Crippen MR) is 76.0 cm³/mol. The van der Waals surface area contributed by atoms with Gasteiger partial charge in [-0.15, -0.1) is 0 Å². The Kier molecular flexibility index (Phi) is 3.38. The molecule has 2 atom stereocenters. The molecule has 2 aliphatic rings. The molecular weight excluding hydrogens is 276 g/mol. The summed E-state index contributed by atoms with van der Waals surface area (Å²) >= 11 is 0. The second-order valence-corrected chi connectivity index (χ2v) is 7.69. The monoisotopic (exact) mass is 298 g/mol. The number of hydrogen-bond donors (Lipinski definition) is 1. The quantitative estimate of drug-likeness (QED) is 0.859. The van der Waals surface area contributed by atoms with Crippen molar-refractivity contribution >= 4 is 10.0 Å². The smallest absolute Gasteiger partial charge is 0.247 e. The van der Waals surface area contributed by atoms with Crippen LogP contribution in [-0.4, -0.2) is 48.2 Å². The minimum atomic E-state index is -3.45. The van der Waals surface area contributed by atoms with Crippen LogP contribution in [0.3, 0.4) is 0 Å². The van der Waals surface area contributed by atoms with Crippen molar-refractivity contribution in [1.29, 1.82) is 0 Å². The predicted octanol–water partition coefficient (Wildman–Crippen LogP) is 0.409. The maximum Gasteiger partial charge on any atom is 0.247 e. The van der Waals surface area contributed by atoms with Crippen molar-refractivity contribution in [3.05, 3.63) is 11.4 Å². The summed E-state index contributed by atoms with van der Waals surface area (Å²) in [6.07, 6.45) is 2.06. The molecule has 0 aliphatic carbocycles. The Morgan fingerprint density at radius 1 is 1.30 bits per heavy atom. The van der Waals surface area contributed by atoms with E-state index in [-0.39, 0.29) is 6.04 Å². The SMILES string of the molecule is Cc1nn(C)c(C)c1S(=O)(=O)N1CCCC2CNCC21. The van der Waals surface area contributed by atoms with Gasteiger partial charge < -0.3 is 5.32 Å². The number of nitrogens with zero attached hydrogens (tertiary/aromatic N) is 3. The van der Waals surface area contributed by atoms with Crippen molar-refractivity contribution in [2.45, 2.75) is 37.6 Å². The first-order valence-electron chi connectivity index (χ1n) is 7.15. The molecule has 0 bridgehead atoms. The first kappa shape index (κ1) is 14.0. The van der Waals surface area contributed by atoms with Gasteiger partial charge in [0.1, 0.15) is 4.90 Å². The number of rotatable bonds is 2. The molecule has 0 aromatic carbocycles. The molecule has 6 nitrogen and oxygen atoms in total. The second-order valence-electron chi connectivity index (χ2n) is 5.87. The summed E-state index contributed by atoms with van der Waals surface area (Å²) in [5.41, 5.74) is 1.31. The van der Waals surface area contributed by atoms with Crippen LogP contribution in [-0.2, 0) is 17.1 Å². The van der Waals surface area contributed by atoms with Gasteiger partial charge in [-0.2, -0.15) is 9.40 Å². The fourth-order valence-electron chi connectivity index (χ4n) is 3.57. The van der Waals surface area contributed by atoms with Crippen molar-refractivity contribution < 1.29 is 8.42 Å². The Morgan fingerprint density at radius 2 is 2.05 bits per heavy atom. The third-order valence-corrected chi connectivity index (χ3v) is 6.81. The van der Waals surface area contributed by atoms with Gasteiger partial charge in [0.05, 0.1) is 11.4 Å². The first-order chi connectivity index (χ1) is 9.43. The standard InChI is InChI=1S/C13H22N4O2S/c1-9-13(10(2)16(3)15-9)20(18,19)17-6-4-5-11-7-14-8-12(11)17/h11-12,14H,4-8H2,1-3H3. The fraction of sp³-hybridized carbons (Fsp3) is 0.769. The van der Waals surface area contributed by atoms with E-state index < -0.39 is 10.0 Å². The van der Waals surface area contributed by atoms with Crippen LogP contribution in [0.5, 0.6) is 0 Å². The van der Waals surface area contributed by atoms with Gasteiger partial charge in [0.15, 0.2) is 0 Å². The molecule has 2 aliphatic heterocycles. The molecule has 0 amide bonds. The molecule has 1 aromatic rings. The van der Waals surface area contributed by atoms with Gasteiger partial charge in [0, 0.05) is 26.2 Å². The Morgan fingerprint density at radius 3 is 2.70 bits per heavy atom. The lowest BCUT2D eigenvalue weighted by atomic mass is 9.94. The van der Waals surface area contributed by atoms with E-state index in [9.17, 15) is 8.42 Å². The molecule has 0 radical (unpaired) electrons. The molecule has 2 unspecified atom stereocenters. The zero-order valence-electron chi connectivity index (χ0n) is 12.3. The minimum Gasteiger partial charge on any atom is -0.315 e. The van der Waals surface area contributed by atoms with E-state index in [1.807, 2.05) is 6.92 Å². The summed E-state index contributed by atoms with van der Waals surface area (Å²) in [7, 11) is -1.66. The topological polar surface area (TPSA) is 67.2 Å². The number of hydrogen-bond acceptors (Lipinski definition) is 4. The number of fused-ring (bicyclic) bond motifs is 1. The molecule has 0 saturated carbocycles. The van der Waals surface area contributed by atoms with E-state index in [1.165, 1.54) is 0 Å². The lowest BCUT2D eigenvalue weighted by Crippen LogP contribution is -2.48. The second kappa shape index (κ2) is 4.82. The van der Waals surface area contributed by atoms with Gasteiger partial charge in [-0.25, -0.2) is 8.42 Å². The zero-order chi connectivity index (χ0) is 14.5. The summed E-state index contributed by atoms with van der Waals surface area (Å²) in [5, 5.41) is 7.58. The third kappa shape index (κ3) is 1.99. The highest BCUT2D eigenvalue weighted by atomic mass is 32.2. The summed E-state index contributed by atoms with van der Waals surface area (Å²) in [4.78, 5) is 0.396. The van der Waals surface area contributed by atoms with Crippen LogP contribution < -0.4 is 5.32 Å². The normalized spacial score (nSPS) is 27.8. The van der Waals surface area contributed by atoms with Gasteiger partial charge in [-0.05, 0) is 39.2 Å². The van der Waals surface area contributed by atoms with Crippen LogP contribution in [0.15, 0.2) is 4.90 Å². The van der Waals surface area contributed by atoms with E-state index in [4.69, 9.17) is 0 Å². The van der Waals surface area contributed by atoms with E-state index in [0.717, 1.165) is 31.6 Å². The van der Waals surface area contributed by atoms with Crippen molar-refractivity contribution in [2.24, 2.45) is 13.0 Å². The summed E-state index contributed by atoms with van der Waals surface area (Å²) in [6.45, 7) is 5.92. The summed E-state index contributed by atoms with van der Waals surface area (Å²) < 4.78 is 29.4. The van der Waals surface area contributed by atoms with E-state index in [0.29, 0.717) is 23.1 Å². The Labute approximate surface area is 120 Å². The van der Waals surface area contributed by atoms with Crippen LogP contribution in [0.1, 0.15) is 24.2 Å². The van der Waals surface area contributed by atoms with E-state index in [2.05, 4.69) is 10.4 Å².